The van der Waals surface area contributed by atoms with Gasteiger partial charge in [-0.25, -0.2) is 0 Å². The van der Waals surface area contributed by atoms with Gasteiger partial charge in [0.05, 0.1) is 15.6 Å². The second kappa shape index (κ2) is 6.95. The third-order valence-corrected chi connectivity index (χ3v) is 4.62. The second-order valence-corrected chi connectivity index (χ2v) is 6.92. The number of rotatable bonds is 4. The van der Waals surface area contributed by atoms with Crippen molar-refractivity contribution < 1.29 is 9.84 Å². The Hall–Kier alpha value is -0.840. The number of halogens is 2. The van der Waals surface area contributed by atoms with Gasteiger partial charge in [0, 0.05) is 0 Å². The van der Waals surface area contributed by atoms with Crippen molar-refractivity contribution in [2.24, 2.45) is 0 Å². The van der Waals surface area contributed by atoms with Crippen LogP contribution < -0.4 is 4.74 Å². The number of ether oxygens (including phenoxy) is 1. The average Bonchev–Trinajstić information content (AvgIpc) is 2.39. The summed E-state index contributed by atoms with van der Waals surface area (Å²) < 4.78 is 7.65. The monoisotopic (exact) mass is 412 g/mol. The molecule has 4 heteroatoms. The van der Waals surface area contributed by atoms with Gasteiger partial charge in [0.25, 0.3) is 0 Å². The molecule has 0 amide bonds. The molecule has 0 spiro atoms. The smallest absolute Gasteiger partial charge is 0.148 e. The molecule has 1 N–H and O–H groups in total. The standard InChI is InChI=1S/C17H18Br2O2/c1-10-4-11(2)14(12(3)5-10)9-21-17-15(18)6-13(8-20)7-16(17)19/h4-7,20H,8-9H2,1-3H3. The summed E-state index contributed by atoms with van der Waals surface area (Å²) in [6.45, 7) is 6.85. The van der Waals surface area contributed by atoms with Gasteiger partial charge in [0.15, 0.2) is 0 Å². The van der Waals surface area contributed by atoms with E-state index in [0.29, 0.717) is 6.61 Å². The number of aliphatic hydroxyl groups is 1. The van der Waals surface area contributed by atoms with Gasteiger partial charge in [-0.15, -0.1) is 0 Å². The van der Waals surface area contributed by atoms with E-state index in [-0.39, 0.29) is 6.61 Å². The third kappa shape index (κ3) is 3.87. The molecule has 0 heterocycles. The Labute approximate surface area is 142 Å². The minimum atomic E-state index is 0.00760. The average molecular weight is 414 g/mol. The Kier molecular flexibility index (Phi) is 5.47. The molecule has 0 aromatic heterocycles. The van der Waals surface area contributed by atoms with Crippen LogP contribution in [0.4, 0.5) is 0 Å². The molecule has 0 fully saturated rings. The predicted octanol–water partition coefficient (Wildman–Crippen LogP) is 5.21. The van der Waals surface area contributed by atoms with E-state index < -0.39 is 0 Å². The highest BCUT2D eigenvalue weighted by Gasteiger charge is 2.11. The van der Waals surface area contributed by atoms with Crippen molar-refractivity contribution in [3.05, 3.63) is 61.0 Å². The van der Waals surface area contributed by atoms with Crippen molar-refractivity contribution >= 4 is 31.9 Å². The molecule has 0 bridgehead atoms. The lowest BCUT2D eigenvalue weighted by Gasteiger charge is -2.15. The molecule has 2 aromatic rings. The first-order valence-electron chi connectivity index (χ1n) is 6.70. The zero-order valence-electron chi connectivity index (χ0n) is 12.3. The van der Waals surface area contributed by atoms with Gasteiger partial charge in [-0.1, -0.05) is 17.7 Å². The SMILES string of the molecule is Cc1cc(C)c(COc2c(Br)cc(CO)cc2Br)c(C)c1. The summed E-state index contributed by atoms with van der Waals surface area (Å²) in [6.07, 6.45) is 0. The van der Waals surface area contributed by atoms with Gasteiger partial charge in [0.2, 0.25) is 0 Å². The molecule has 0 aliphatic rings. The van der Waals surface area contributed by atoms with Crippen molar-refractivity contribution in [3.63, 3.8) is 0 Å². The van der Waals surface area contributed by atoms with Crippen molar-refractivity contribution in [1.29, 1.82) is 0 Å². The van der Waals surface area contributed by atoms with Gasteiger partial charge in [-0.2, -0.15) is 0 Å². The van der Waals surface area contributed by atoms with Crippen LogP contribution in [0.25, 0.3) is 0 Å². The van der Waals surface area contributed by atoms with E-state index >= 15 is 0 Å². The highest BCUT2D eigenvalue weighted by molar-refractivity contribution is 9.11. The topological polar surface area (TPSA) is 29.5 Å². The Morgan fingerprint density at radius 2 is 1.48 bits per heavy atom. The fourth-order valence-corrected chi connectivity index (χ4v) is 3.93. The minimum absolute atomic E-state index is 0.00760. The van der Waals surface area contributed by atoms with Crippen molar-refractivity contribution in [2.45, 2.75) is 34.0 Å². The van der Waals surface area contributed by atoms with Gasteiger partial charge in [-0.05, 0) is 87.0 Å². The van der Waals surface area contributed by atoms with Gasteiger partial charge in [-0.3, -0.25) is 0 Å². The summed E-state index contributed by atoms with van der Waals surface area (Å²) >= 11 is 6.99. The van der Waals surface area contributed by atoms with E-state index in [2.05, 4.69) is 64.8 Å². The molecule has 0 aliphatic carbocycles. The summed E-state index contributed by atoms with van der Waals surface area (Å²) in [5.41, 5.74) is 5.80. The van der Waals surface area contributed by atoms with Crippen LogP contribution in [0.15, 0.2) is 33.2 Å². The predicted molar refractivity (Wildman–Crippen MR) is 92.7 cm³/mol. The van der Waals surface area contributed by atoms with Gasteiger partial charge in [0.1, 0.15) is 12.4 Å². The molecule has 2 aromatic carbocycles. The largest absolute Gasteiger partial charge is 0.487 e. The molecule has 0 radical (unpaired) electrons. The maximum absolute atomic E-state index is 9.20. The molecule has 112 valence electrons. The first-order valence-corrected chi connectivity index (χ1v) is 8.29. The van der Waals surface area contributed by atoms with Crippen LogP contribution in [0.5, 0.6) is 5.75 Å². The van der Waals surface area contributed by atoms with E-state index in [1.807, 2.05) is 12.1 Å². The number of benzene rings is 2. The van der Waals surface area contributed by atoms with E-state index in [1.54, 1.807) is 0 Å². The molecule has 2 rings (SSSR count). The summed E-state index contributed by atoms with van der Waals surface area (Å²) in [5, 5.41) is 9.20. The Bertz CT molecular complexity index is 620. The van der Waals surface area contributed by atoms with Gasteiger partial charge >= 0.3 is 0 Å². The lowest BCUT2D eigenvalue weighted by atomic mass is 10.0. The normalized spacial score (nSPS) is 10.8. The molecule has 0 saturated carbocycles. The summed E-state index contributed by atoms with van der Waals surface area (Å²) in [6, 6.07) is 8.08. The summed E-state index contributed by atoms with van der Waals surface area (Å²) in [4.78, 5) is 0. The van der Waals surface area contributed by atoms with Crippen LogP contribution in [0.3, 0.4) is 0 Å². The molecular weight excluding hydrogens is 396 g/mol. The van der Waals surface area contributed by atoms with Crippen molar-refractivity contribution in [1.82, 2.24) is 0 Å². The van der Waals surface area contributed by atoms with Crippen LogP contribution in [0.2, 0.25) is 0 Å². The van der Waals surface area contributed by atoms with E-state index in [4.69, 9.17) is 4.74 Å². The highest BCUT2D eigenvalue weighted by Crippen LogP contribution is 2.35. The fourth-order valence-electron chi connectivity index (χ4n) is 2.42. The lowest BCUT2D eigenvalue weighted by Crippen LogP contribution is -2.02. The third-order valence-electron chi connectivity index (χ3n) is 3.44. The summed E-state index contributed by atoms with van der Waals surface area (Å²) in [7, 11) is 0. The van der Waals surface area contributed by atoms with E-state index in [0.717, 1.165) is 20.3 Å². The Morgan fingerprint density at radius 1 is 0.952 bits per heavy atom. The molecule has 0 aliphatic heterocycles. The molecule has 2 nitrogen and oxygen atoms in total. The first-order chi connectivity index (χ1) is 9.92. The fraction of sp³-hybridized carbons (Fsp3) is 0.294. The highest BCUT2D eigenvalue weighted by atomic mass is 79.9. The lowest BCUT2D eigenvalue weighted by molar-refractivity contribution is 0.280. The molecule has 0 saturated heterocycles. The maximum Gasteiger partial charge on any atom is 0.148 e. The zero-order valence-corrected chi connectivity index (χ0v) is 15.5. The van der Waals surface area contributed by atoms with E-state index in [9.17, 15) is 5.11 Å². The number of hydrogen-bond donors (Lipinski definition) is 1. The zero-order chi connectivity index (χ0) is 15.6. The minimum Gasteiger partial charge on any atom is -0.487 e. The first kappa shape index (κ1) is 16.5. The number of hydrogen-bond acceptors (Lipinski definition) is 2. The quantitative estimate of drug-likeness (QED) is 0.745. The number of aryl methyl sites for hydroxylation is 3. The Morgan fingerprint density at radius 3 is 1.95 bits per heavy atom. The van der Waals surface area contributed by atoms with Crippen molar-refractivity contribution in [2.75, 3.05) is 0 Å². The van der Waals surface area contributed by atoms with Crippen LogP contribution >= 0.6 is 31.9 Å². The van der Waals surface area contributed by atoms with Crippen molar-refractivity contribution in [3.8, 4) is 5.75 Å². The van der Waals surface area contributed by atoms with Gasteiger partial charge < -0.3 is 9.84 Å². The second-order valence-electron chi connectivity index (χ2n) is 5.21. The van der Waals surface area contributed by atoms with E-state index in [1.165, 1.54) is 22.3 Å². The molecule has 21 heavy (non-hydrogen) atoms. The van der Waals surface area contributed by atoms with Crippen LogP contribution in [0, 0.1) is 20.8 Å². The summed E-state index contributed by atoms with van der Waals surface area (Å²) in [5.74, 6) is 0.756. The molecular formula is C17H18Br2O2. The number of aliphatic hydroxyl groups excluding tert-OH is 1. The maximum atomic E-state index is 9.20. The Balaban J connectivity index is 2.25. The molecule has 0 unspecified atom stereocenters. The molecule has 0 atom stereocenters. The van der Waals surface area contributed by atoms with Crippen LogP contribution in [-0.4, -0.2) is 5.11 Å². The van der Waals surface area contributed by atoms with Crippen LogP contribution in [-0.2, 0) is 13.2 Å². The van der Waals surface area contributed by atoms with Crippen LogP contribution in [0.1, 0.15) is 27.8 Å².